The first-order valence-electron chi connectivity index (χ1n) is 10.8. The molecule has 12 heteroatoms. The third-order valence-electron chi connectivity index (χ3n) is 6.17. The van der Waals surface area contributed by atoms with Gasteiger partial charge in [0.1, 0.15) is 18.1 Å². The Morgan fingerprint density at radius 3 is 2.50 bits per heavy atom. The van der Waals surface area contributed by atoms with Gasteiger partial charge in [0, 0.05) is 39.8 Å². The van der Waals surface area contributed by atoms with Crippen molar-refractivity contribution in [3.8, 4) is 0 Å². The van der Waals surface area contributed by atoms with Crippen LogP contribution in [0.15, 0.2) is 48.8 Å². The van der Waals surface area contributed by atoms with Crippen molar-refractivity contribution in [3.63, 3.8) is 0 Å². The van der Waals surface area contributed by atoms with E-state index in [1.807, 2.05) is 0 Å². The zero-order valence-corrected chi connectivity index (χ0v) is 18.4. The molecule has 3 aromatic heterocycles. The lowest BCUT2D eigenvalue weighted by Crippen LogP contribution is -2.41. The first kappa shape index (κ1) is 23.8. The van der Waals surface area contributed by atoms with Crippen molar-refractivity contribution in [2.24, 2.45) is 0 Å². The van der Waals surface area contributed by atoms with E-state index in [1.165, 1.54) is 30.6 Å². The van der Waals surface area contributed by atoms with Crippen LogP contribution in [0.1, 0.15) is 39.8 Å². The number of hydrogen-bond donors (Lipinski definition) is 1. The number of fused-ring (bicyclic) bond motifs is 4. The summed E-state index contributed by atoms with van der Waals surface area (Å²) < 4.78 is 79.8. The minimum absolute atomic E-state index is 0.0166. The molecule has 1 aliphatic rings. The summed E-state index contributed by atoms with van der Waals surface area (Å²) in [7, 11) is 0. The Morgan fingerprint density at radius 2 is 1.78 bits per heavy atom. The highest BCUT2D eigenvalue weighted by molar-refractivity contribution is 6.11. The topological polar surface area (TPSA) is 85.0 Å². The van der Waals surface area contributed by atoms with E-state index in [9.17, 15) is 31.1 Å². The SMILES string of the molecule is Nc1nc2ccc(C(=O)N(CC(F)(F)F)C3CCc4nc(C(F)(F)F)ccc43)cc2c2cnccc12. The Labute approximate surface area is 199 Å². The molecular formula is C24H17F6N5O. The minimum atomic E-state index is -4.73. The summed E-state index contributed by atoms with van der Waals surface area (Å²) in [5.41, 5.74) is 5.47. The summed E-state index contributed by atoms with van der Waals surface area (Å²) >= 11 is 0. The molecule has 0 saturated carbocycles. The smallest absolute Gasteiger partial charge is 0.383 e. The number of carbonyl (C=O) groups excluding carboxylic acids is 1. The Hall–Kier alpha value is -3.96. The molecule has 0 bridgehead atoms. The summed E-state index contributed by atoms with van der Waals surface area (Å²) in [5.74, 6) is -0.674. The number of aryl methyl sites for hydroxylation is 1. The predicted molar refractivity (Wildman–Crippen MR) is 119 cm³/mol. The van der Waals surface area contributed by atoms with Crippen molar-refractivity contribution in [3.05, 3.63) is 71.3 Å². The molecule has 1 amide bonds. The van der Waals surface area contributed by atoms with Crippen molar-refractivity contribution in [2.45, 2.75) is 31.2 Å². The zero-order chi connectivity index (χ0) is 25.8. The van der Waals surface area contributed by atoms with Gasteiger partial charge in [-0.05, 0) is 48.7 Å². The lowest BCUT2D eigenvalue weighted by atomic mass is 10.0. The molecule has 0 radical (unpaired) electrons. The van der Waals surface area contributed by atoms with Gasteiger partial charge in [-0.1, -0.05) is 6.07 Å². The quantitative estimate of drug-likeness (QED) is 0.295. The number of alkyl halides is 6. The summed E-state index contributed by atoms with van der Waals surface area (Å²) in [4.78, 5) is 26.0. The molecule has 1 aliphatic carbocycles. The Kier molecular flexibility index (Phi) is 5.49. The standard InChI is InChI=1S/C24H17F6N5O/c25-23(26,27)11-35(19-5-4-17-14(19)2-6-20(33-17)24(28,29)30)22(36)12-1-3-18-15(9-12)16-10-32-8-7-13(16)21(31)34-18/h1-3,6-10,19H,4-5,11H2,(H2,31,34). The van der Waals surface area contributed by atoms with E-state index in [2.05, 4.69) is 15.0 Å². The largest absolute Gasteiger partial charge is 0.433 e. The summed E-state index contributed by atoms with van der Waals surface area (Å²) in [6.45, 7) is -1.57. The van der Waals surface area contributed by atoms with Crippen LogP contribution in [0, 0.1) is 0 Å². The minimum Gasteiger partial charge on any atom is -0.383 e. The maximum absolute atomic E-state index is 13.5. The number of benzene rings is 1. The van der Waals surface area contributed by atoms with Gasteiger partial charge < -0.3 is 10.6 Å². The number of hydrogen-bond acceptors (Lipinski definition) is 5. The van der Waals surface area contributed by atoms with Gasteiger partial charge in [0.15, 0.2) is 0 Å². The van der Waals surface area contributed by atoms with Crippen molar-refractivity contribution in [1.29, 1.82) is 0 Å². The molecule has 1 aromatic carbocycles. The van der Waals surface area contributed by atoms with Gasteiger partial charge in [0.25, 0.3) is 5.91 Å². The number of aromatic nitrogens is 3. The van der Waals surface area contributed by atoms with Crippen LogP contribution in [-0.4, -0.2) is 38.5 Å². The fraction of sp³-hybridized carbons (Fsp3) is 0.250. The van der Waals surface area contributed by atoms with Crippen molar-refractivity contribution in [2.75, 3.05) is 12.3 Å². The highest BCUT2D eigenvalue weighted by atomic mass is 19.4. The molecule has 4 aromatic rings. The number of carbonyl (C=O) groups is 1. The van der Waals surface area contributed by atoms with Gasteiger partial charge in [-0.3, -0.25) is 9.78 Å². The number of anilines is 1. The fourth-order valence-corrected chi connectivity index (χ4v) is 4.61. The molecule has 36 heavy (non-hydrogen) atoms. The summed E-state index contributed by atoms with van der Waals surface area (Å²) in [6, 6.07) is 6.64. The average Bonchev–Trinajstić information content (AvgIpc) is 3.24. The van der Waals surface area contributed by atoms with E-state index in [-0.39, 0.29) is 35.5 Å². The number of amides is 1. The first-order valence-corrected chi connectivity index (χ1v) is 10.8. The molecule has 0 saturated heterocycles. The molecule has 5 rings (SSSR count). The van der Waals surface area contributed by atoms with E-state index in [0.29, 0.717) is 26.6 Å². The second kappa shape index (κ2) is 8.32. The van der Waals surface area contributed by atoms with Crippen molar-refractivity contribution in [1.82, 2.24) is 19.9 Å². The summed E-state index contributed by atoms with van der Waals surface area (Å²) in [5, 5.41) is 1.63. The van der Waals surface area contributed by atoms with Crippen LogP contribution < -0.4 is 5.73 Å². The van der Waals surface area contributed by atoms with Crippen LogP contribution in [0.2, 0.25) is 0 Å². The van der Waals surface area contributed by atoms with Gasteiger partial charge in [0.05, 0.1) is 11.6 Å². The number of halogens is 6. The van der Waals surface area contributed by atoms with Crippen molar-refractivity contribution < 1.29 is 31.1 Å². The van der Waals surface area contributed by atoms with Gasteiger partial charge in [-0.2, -0.15) is 26.3 Å². The lowest BCUT2D eigenvalue weighted by molar-refractivity contribution is -0.144. The van der Waals surface area contributed by atoms with E-state index in [4.69, 9.17) is 5.73 Å². The van der Waals surface area contributed by atoms with E-state index >= 15 is 0 Å². The monoisotopic (exact) mass is 505 g/mol. The maximum Gasteiger partial charge on any atom is 0.433 e. The third-order valence-corrected chi connectivity index (χ3v) is 6.17. The number of pyridine rings is 3. The van der Waals surface area contributed by atoms with Gasteiger partial charge in [-0.15, -0.1) is 0 Å². The fourth-order valence-electron chi connectivity index (χ4n) is 4.61. The van der Waals surface area contributed by atoms with Crippen LogP contribution in [0.5, 0.6) is 0 Å². The second-order valence-electron chi connectivity index (χ2n) is 8.48. The number of nitrogen functional groups attached to an aromatic ring is 1. The molecule has 0 fully saturated rings. The van der Waals surface area contributed by atoms with E-state index in [1.54, 1.807) is 6.07 Å². The molecule has 2 N–H and O–H groups in total. The predicted octanol–water partition coefficient (Wildman–Crippen LogP) is 5.47. The molecule has 186 valence electrons. The molecule has 6 nitrogen and oxygen atoms in total. The maximum atomic E-state index is 13.5. The van der Waals surface area contributed by atoms with Gasteiger partial charge >= 0.3 is 12.4 Å². The zero-order valence-electron chi connectivity index (χ0n) is 18.4. The number of nitrogens with two attached hydrogens (primary N) is 1. The Bertz CT molecular complexity index is 1500. The molecule has 0 spiro atoms. The first-order chi connectivity index (χ1) is 16.9. The molecule has 0 aliphatic heterocycles. The number of nitrogens with zero attached hydrogens (tertiary/aromatic N) is 4. The molecular weight excluding hydrogens is 488 g/mol. The number of rotatable bonds is 3. The van der Waals surface area contributed by atoms with Gasteiger partial charge in [0.2, 0.25) is 0 Å². The highest BCUT2D eigenvalue weighted by Gasteiger charge is 2.41. The molecule has 3 heterocycles. The van der Waals surface area contributed by atoms with E-state index < -0.39 is 36.5 Å². The van der Waals surface area contributed by atoms with Gasteiger partial charge in [-0.25, -0.2) is 9.97 Å². The van der Waals surface area contributed by atoms with Crippen LogP contribution in [-0.2, 0) is 12.6 Å². The Balaban J connectivity index is 1.58. The Morgan fingerprint density at radius 1 is 1.00 bits per heavy atom. The normalized spacial score (nSPS) is 15.9. The molecule has 1 unspecified atom stereocenters. The highest BCUT2D eigenvalue weighted by Crippen LogP contribution is 2.39. The van der Waals surface area contributed by atoms with Crippen LogP contribution in [0.25, 0.3) is 21.7 Å². The van der Waals surface area contributed by atoms with Crippen molar-refractivity contribution >= 4 is 33.4 Å². The second-order valence-corrected chi connectivity index (χ2v) is 8.48. The van der Waals surface area contributed by atoms with Crippen LogP contribution in [0.3, 0.4) is 0 Å². The molecule has 1 atom stereocenters. The van der Waals surface area contributed by atoms with Crippen LogP contribution in [0.4, 0.5) is 32.2 Å². The summed E-state index contributed by atoms with van der Waals surface area (Å²) in [6.07, 6.45) is -6.35. The van der Waals surface area contributed by atoms with E-state index in [0.717, 1.165) is 12.1 Å². The third kappa shape index (κ3) is 4.27. The lowest BCUT2D eigenvalue weighted by Gasteiger charge is -2.30. The average molecular weight is 505 g/mol. The van der Waals surface area contributed by atoms with Crippen LogP contribution >= 0.6 is 0 Å².